The second-order valence-electron chi connectivity index (χ2n) is 7.90. The molecule has 0 aromatic carbocycles. The van der Waals surface area contributed by atoms with Crippen molar-refractivity contribution in [3.8, 4) is 0 Å². The van der Waals surface area contributed by atoms with Crippen LogP contribution in [0.15, 0.2) is 0 Å². The van der Waals surface area contributed by atoms with E-state index < -0.39 is 0 Å². The van der Waals surface area contributed by atoms with Crippen molar-refractivity contribution in [1.29, 1.82) is 0 Å². The largest absolute Gasteiger partial charge is 0.396 e. The van der Waals surface area contributed by atoms with Gasteiger partial charge in [-0.05, 0) is 33.6 Å². The highest BCUT2D eigenvalue weighted by Gasteiger charge is 2.37. The Morgan fingerprint density at radius 2 is 1.85 bits per heavy atom. The average molecular weight is 382 g/mol. The maximum absolute atomic E-state index is 12.8. The normalized spacial score (nSPS) is 30.1. The van der Waals surface area contributed by atoms with Gasteiger partial charge in [-0.2, -0.15) is 0 Å². The predicted molar refractivity (Wildman–Crippen MR) is 102 cm³/mol. The zero-order valence-corrected chi connectivity index (χ0v) is 17.1. The number of carbonyl (C=O) groups excluding carboxylic acids is 1. The number of rotatable bonds is 5. The molecule has 0 bridgehead atoms. The molecule has 2 aliphatic heterocycles. The molecule has 0 aliphatic carbocycles. The number of morpholine rings is 1. The number of carbonyl (C=O) groups is 1. The van der Waals surface area contributed by atoms with Gasteiger partial charge in [0.15, 0.2) is 0 Å². The van der Waals surface area contributed by atoms with E-state index in [9.17, 15) is 9.90 Å². The summed E-state index contributed by atoms with van der Waals surface area (Å²) in [5.74, 6) is 0.642. The van der Waals surface area contributed by atoms with Crippen LogP contribution < -0.4 is 0 Å². The molecule has 7 heteroatoms. The number of thiazole rings is 1. The molecule has 0 unspecified atom stereocenters. The van der Waals surface area contributed by atoms with Gasteiger partial charge < -0.3 is 14.7 Å². The number of aliphatic hydroxyl groups is 1. The fourth-order valence-electron chi connectivity index (χ4n) is 4.31. The molecule has 0 radical (unpaired) electrons. The third-order valence-corrected chi connectivity index (χ3v) is 6.54. The first-order valence-electron chi connectivity index (χ1n) is 9.55. The molecule has 1 N–H and O–H groups in total. The van der Waals surface area contributed by atoms with Gasteiger partial charge in [-0.15, -0.1) is 11.3 Å². The lowest BCUT2D eigenvalue weighted by Gasteiger charge is -2.37. The summed E-state index contributed by atoms with van der Waals surface area (Å²) >= 11 is 1.61. The number of ether oxygens (including phenoxy) is 1. The van der Waals surface area contributed by atoms with Crippen LogP contribution >= 0.6 is 11.3 Å². The van der Waals surface area contributed by atoms with Crippen LogP contribution in [-0.2, 0) is 16.0 Å². The number of likely N-dealkylation sites (tertiary alicyclic amines) is 1. The number of nitrogens with zero attached hydrogens (tertiary/aromatic N) is 3. The fourth-order valence-corrected chi connectivity index (χ4v) is 5.24. The first-order chi connectivity index (χ1) is 12.4. The summed E-state index contributed by atoms with van der Waals surface area (Å²) < 4.78 is 5.81. The lowest BCUT2D eigenvalue weighted by atomic mass is 9.96. The van der Waals surface area contributed by atoms with Gasteiger partial charge in [0, 0.05) is 50.1 Å². The molecular weight excluding hydrogens is 350 g/mol. The molecule has 0 saturated carbocycles. The molecule has 3 heterocycles. The third kappa shape index (κ3) is 4.63. The summed E-state index contributed by atoms with van der Waals surface area (Å²) in [6.45, 7) is 12.5. The second-order valence-corrected chi connectivity index (χ2v) is 9.18. The first kappa shape index (κ1) is 19.7. The molecule has 0 spiro atoms. The topological polar surface area (TPSA) is 65.9 Å². The summed E-state index contributed by atoms with van der Waals surface area (Å²) in [5, 5.41) is 10.8. The summed E-state index contributed by atoms with van der Waals surface area (Å²) in [5.41, 5.74) is 0.964. The highest BCUT2D eigenvalue weighted by molar-refractivity contribution is 7.11. The van der Waals surface area contributed by atoms with Crippen molar-refractivity contribution < 1.29 is 14.6 Å². The van der Waals surface area contributed by atoms with E-state index in [0.717, 1.165) is 41.8 Å². The molecule has 4 atom stereocenters. The Morgan fingerprint density at radius 1 is 1.19 bits per heavy atom. The Kier molecular flexibility index (Phi) is 6.33. The zero-order valence-electron chi connectivity index (χ0n) is 16.3. The minimum absolute atomic E-state index is 0.141. The summed E-state index contributed by atoms with van der Waals surface area (Å²) in [6.07, 6.45) is 0.902. The van der Waals surface area contributed by atoms with Crippen LogP contribution in [0.4, 0.5) is 0 Å². The van der Waals surface area contributed by atoms with Crippen LogP contribution in [-0.4, -0.2) is 77.3 Å². The molecule has 6 nitrogen and oxygen atoms in total. The van der Waals surface area contributed by atoms with Gasteiger partial charge in [-0.25, -0.2) is 4.98 Å². The predicted octanol–water partition coefficient (Wildman–Crippen LogP) is 1.48. The van der Waals surface area contributed by atoms with Crippen LogP contribution in [0.3, 0.4) is 0 Å². The van der Waals surface area contributed by atoms with Crippen LogP contribution in [0, 0.1) is 25.7 Å². The Labute approximate surface area is 160 Å². The van der Waals surface area contributed by atoms with E-state index in [1.807, 2.05) is 18.7 Å². The van der Waals surface area contributed by atoms with Crippen LogP contribution in [0.2, 0.25) is 0 Å². The molecule has 1 amide bonds. The Bertz CT molecular complexity index is 626. The fraction of sp³-hybridized carbons (Fsp3) is 0.789. The maximum atomic E-state index is 12.8. The minimum atomic E-state index is 0.141. The van der Waals surface area contributed by atoms with Crippen molar-refractivity contribution in [2.75, 3.05) is 39.3 Å². The van der Waals surface area contributed by atoms with Crippen molar-refractivity contribution in [3.05, 3.63) is 15.6 Å². The van der Waals surface area contributed by atoms with Crippen LogP contribution in [0.5, 0.6) is 0 Å². The van der Waals surface area contributed by atoms with Crippen molar-refractivity contribution in [3.63, 3.8) is 0 Å². The quantitative estimate of drug-likeness (QED) is 0.837. The minimum Gasteiger partial charge on any atom is -0.396 e. The van der Waals surface area contributed by atoms with Gasteiger partial charge in [-0.3, -0.25) is 9.69 Å². The lowest BCUT2D eigenvalue weighted by Crippen LogP contribution is -2.48. The smallest absolute Gasteiger partial charge is 0.227 e. The van der Waals surface area contributed by atoms with E-state index in [1.54, 1.807) is 11.3 Å². The van der Waals surface area contributed by atoms with Gasteiger partial charge in [0.1, 0.15) is 0 Å². The maximum Gasteiger partial charge on any atom is 0.227 e. The Morgan fingerprint density at radius 3 is 2.42 bits per heavy atom. The van der Waals surface area contributed by atoms with Crippen molar-refractivity contribution in [2.45, 2.75) is 46.3 Å². The lowest BCUT2D eigenvalue weighted by molar-refractivity contribution is -0.129. The summed E-state index contributed by atoms with van der Waals surface area (Å²) in [6, 6.07) is 0. The van der Waals surface area contributed by atoms with E-state index >= 15 is 0 Å². The molecule has 1 aromatic rings. The van der Waals surface area contributed by atoms with E-state index in [2.05, 4.69) is 23.7 Å². The Hall–Kier alpha value is -1.02. The molecular formula is C19H31N3O3S. The molecule has 2 fully saturated rings. The highest BCUT2D eigenvalue weighted by Crippen LogP contribution is 2.27. The zero-order chi connectivity index (χ0) is 18.8. The summed E-state index contributed by atoms with van der Waals surface area (Å²) in [4.78, 5) is 22.6. The molecule has 3 rings (SSSR count). The van der Waals surface area contributed by atoms with Gasteiger partial charge in [0.2, 0.25) is 5.91 Å². The van der Waals surface area contributed by atoms with Crippen molar-refractivity contribution in [2.24, 2.45) is 11.8 Å². The SMILES string of the molecule is Cc1nc(C)c(CC(=O)N2C[C@@H](CN3C[C@@H](C)O[C@@H](C)C3)[C@@H](CO)C2)s1. The van der Waals surface area contributed by atoms with E-state index in [-0.39, 0.29) is 30.6 Å². The monoisotopic (exact) mass is 381 g/mol. The average Bonchev–Trinajstić information content (AvgIpc) is 3.09. The molecule has 1 aromatic heterocycles. The molecule has 26 heavy (non-hydrogen) atoms. The summed E-state index contributed by atoms with van der Waals surface area (Å²) in [7, 11) is 0. The van der Waals surface area contributed by atoms with E-state index in [0.29, 0.717) is 18.9 Å². The van der Waals surface area contributed by atoms with Crippen LogP contribution in [0.1, 0.15) is 29.4 Å². The number of hydrogen-bond acceptors (Lipinski definition) is 6. The third-order valence-electron chi connectivity index (χ3n) is 5.46. The van der Waals surface area contributed by atoms with Gasteiger partial charge >= 0.3 is 0 Å². The number of aliphatic hydroxyl groups excluding tert-OH is 1. The van der Waals surface area contributed by atoms with E-state index in [1.165, 1.54) is 0 Å². The van der Waals surface area contributed by atoms with Crippen molar-refractivity contribution >= 4 is 17.2 Å². The van der Waals surface area contributed by atoms with Gasteiger partial charge in [-0.1, -0.05) is 0 Å². The number of aryl methyl sites for hydroxylation is 2. The van der Waals surface area contributed by atoms with Gasteiger partial charge in [0.05, 0.1) is 29.3 Å². The molecule has 2 aliphatic rings. The first-order valence-corrected chi connectivity index (χ1v) is 10.4. The highest BCUT2D eigenvalue weighted by atomic mass is 32.1. The number of aromatic nitrogens is 1. The number of amides is 1. The number of hydrogen-bond donors (Lipinski definition) is 1. The van der Waals surface area contributed by atoms with E-state index in [4.69, 9.17) is 4.74 Å². The molecule has 146 valence electrons. The van der Waals surface area contributed by atoms with Crippen molar-refractivity contribution in [1.82, 2.24) is 14.8 Å². The van der Waals surface area contributed by atoms with Gasteiger partial charge in [0.25, 0.3) is 0 Å². The standard InChI is InChI=1S/C19H31N3O3S/c1-12-6-21(7-13(2)25-12)8-16-9-22(10-17(16)11-23)19(24)5-18-14(3)20-15(4)26-18/h12-13,16-17,23H,5-11H2,1-4H3/t12-,13+,16-,17-/m1/s1. The van der Waals surface area contributed by atoms with Crippen LogP contribution in [0.25, 0.3) is 0 Å². The second kappa shape index (κ2) is 8.33. The molecule has 2 saturated heterocycles. The Balaban J connectivity index is 1.59.